The Balaban J connectivity index is 2.18. The summed E-state index contributed by atoms with van der Waals surface area (Å²) in [5.41, 5.74) is 1.40. The predicted octanol–water partition coefficient (Wildman–Crippen LogP) is 3.06. The molecule has 0 fully saturated rings. The highest BCUT2D eigenvalue weighted by molar-refractivity contribution is 7.13. The van der Waals surface area contributed by atoms with Gasteiger partial charge in [-0.3, -0.25) is 4.79 Å². The minimum Gasteiger partial charge on any atom is -0.494 e. The number of hydrogen-bond acceptors (Lipinski definition) is 5. The van der Waals surface area contributed by atoms with E-state index in [0.717, 1.165) is 5.56 Å². The number of carbonyl (C=O) groups is 1. The molecule has 106 valence electrons. The Hall–Kier alpha value is -1.95. The van der Waals surface area contributed by atoms with Crippen molar-refractivity contribution in [2.24, 2.45) is 0 Å². The molecule has 0 aliphatic carbocycles. The van der Waals surface area contributed by atoms with E-state index in [1.54, 1.807) is 24.4 Å². The van der Waals surface area contributed by atoms with Gasteiger partial charge in [0.05, 0.1) is 25.8 Å². The van der Waals surface area contributed by atoms with Gasteiger partial charge in [0, 0.05) is 10.9 Å². The lowest BCUT2D eigenvalue weighted by Gasteiger charge is -2.03. The minimum atomic E-state index is -0.417. The molecule has 0 aliphatic heterocycles. The molecule has 0 bridgehead atoms. The highest BCUT2D eigenvalue weighted by Crippen LogP contribution is 2.28. The van der Waals surface area contributed by atoms with Gasteiger partial charge in [-0.1, -0.05) is 0 Å². The smallest absolute Gasteiger partial charge is 0.311 e. The molecule has 2 rings (SSSR count). The van der Waals surface area contributed by atoms with Gasteiger partial charge in [0.1, 0.15) is 5.01 Å². The molecule has 20 heavy (non-hydrogen) atoms. The predicted molar refractivity (Wildman–Crippen MR) is 74.4 cm³/mol. The number of benzene rings is 1. The molecule has 0 N–H and O–H groups in total. The van der Waals surface area contributed by atoms with Crippen molar-refractivity contribution >= 4 is 17.3 Å². The van der Waals surface area contributed by atoms with E-state index >= 15 is 0 Å². The molecule has 1 aromatic heterocycles. The zero-order valence-corrected chi connectivity index (χ0v) is 12.0. The van der Waals surface area contributed by atoms with E-state index in [1.165, 1.54) is 24.5 Å². The van der Waals surface area contributed by atoms with E-state index in [-0.39, 0.29) is 18.1 Å². The quantitative estimate of drug-likeness (QED) is 0.795. The van der Waals surface area contributed by atoms with Crippen LogP contribution in [0.1, 0.15) is 12.6 Å². The summed E-state index contributed by atoms with van der Waals surface area (Å²) in [4.78, 5) is 15.7. The molecule has 1 aromatic carbocycles. The molecule has 0 atom stereocenters. The van der Waals surface area contributed by atoms with Crippen LogP contribution in [0.2, 0.25) is 0 Å². The van der Waals surface area contributed by atoms with E-state index in [1.807, 2.05) is 0 Å². The third-order valence-electron chi connectivity index (χ3n) is 2.58. The molecule has 0 saturated heterocycles. The Morgan fingerprint density at radius 2 is 2.25 bits per heavy atom. The molecule has 0 saturated carbocycles. The summed E-state index contributed by atoms with van der Waals surface area (Å²) in [6.07, 6.45) is 0.142. The topological polar surface area (TPSA) is 48.4 Å². The maximum absolute atomic E-state index is 13.3. The fourth-order valence-electron chi connectivity index (χ4n) is 1.67. The Labute approximate surface area is 120 Å². The molecule has 0 aliphatic rings. The second-order valence-electron chi connectivity index (χ2n) is 3.98. The van der Waals surface area contributed by atoms with Crippen LogP contribution in [-0.4, -0.2) is 24.7 Å². The average molecular weight is 295 g/mol. The molecule has 6 heteroatoms. The number of hydrogen-bond donors (Lipinski definition) is 0. The van der Waals surface area contributed by atoms with Gasteiger partial charge >= 0.3 is 5.97 Å². The summed E-state index contributed by atoms with van der Waals surface area (Å²) >= 11 is 1.39. The van der Waals surface area contributed by atoms with Crippen LogP contribution >= 0.6 is 11.3 Å². The van der Waals surface area contributed by atoms with Crippen LogP contribution in [0.5, 0.6) is 5.75 Å². The summed E-state index contributed by atoms with van der Waals surface area (Å²) in [5.74, 6) is -0.551. The van der Waals surface area contributed by atoms with Crippen LogP contribution < -0.4 is 4.74 Å². The van der Waals surface area contributed by atoms with Crippen molar-refractivity contribution in [2.45, 2.75) is 13.3 Å². The van der Waals surface area contributed by atoms with E-state index in [0.29, 0.717) is 17.3 Å². The van der Waals surface area contributed by atoms with Gasteiger partial charge < -0.3 is 9.47 Å². The van der Waals surface area contributed by atoms with Crippen LogP contribution in [-0.2, 0) is 16.0 Å². The average Bonchev–Trinajstić information content (AvgIpc) is 2.88. The monoisotopic (exact) mass is 295 g/mol. The van der Waals surface area contributed by atoms with Gasteiger partial charge in [-0.05, 0) is 25.1 Å². The molecule has 0 radical (unpaired) electrons. The van der Waals surface area contributed by atoms with E-state index in [9.17, 15) is 9.18 Å². The van der Waals surface area contributed by atoms with Crippen LogP contribution in [0.4, 0.5) is 4.39 Å². The van der Waals surface area contributed by atoms with Crippen molar-refractivity contribution in [1.29, 1.82) is 0 Å². The zero-order valence-electron chi connectivity index (χ0n) is 11.2. The second-order valence-corrected chi connectivity index (χ2v) is 4.83. The molecule has 0 spiro atoms. The van der Waals surface area contributed by atoms with Gasteiger partial charge in [0.25, 0.3) is 0 Å². The summed E-state index contributed by atoms with van der Waals surface area (Å²) in [7, 11) is 1.41. The van der Waals surface area contributed by atoms with Gasteiger partial charge in [0.15, 0.2) is 11.6 Å². The third kappa shape index (κ3) is 3.33. The lowest BCUT2D eigenvalue weighted by molar-refractivity contribution is -0.142. The number of nitrogens with zero attached hydrogens (tertiary/aromatic N) is 1. The number of esters is 1. The normalized spacial score (nSPS) is 10.3. The largest absolute Gasteiger partial charge is 0.494 e. The van der Waals surface area contributed by atoms with Crippen LogP contribution in [0.3, 0.4) is 0 Å². The highest BCUT2D eigenvalue weighted by atomic mass is 32.1. The van der Waals surface area contributed by atoms with Crippen molar-refractivity contribution < 1.29 is 18.7 Å². The van der Waals surface area contributed by atoms with Crippen molar-refractivity contribution in [3.8, 4) is 16.3 Å². The van der Waals surface area contributed by atoms with Gasteiger partial charge in [-0.2, -0.15) is 0 Å². The summed E-state index contributed by atoms with van der Waals surface area (Å²) in [6, 6.07) is 4.55. The number of ether oxygens (including phenoxy) is 2. The number of halogens is 1. The van der Waals surface area contributed by atoms with Crippen molar-refractivity contribution in [1.82, 2.24) is 4.98 Å². The minimum absolute atomic E-state index is 0.142. The van der Waals surface area contributed by atoms with Gasteiger partial charge in [-0.25, -0.2) is 9.37 Å². The number of aromatic nitrogens is 1. The van der Waals surface area contributed by atoms with Crippen LogP contribution in [0, 0.1) is 5.82 Å². The first-order valence-electron chi connectivity index (χ1n) is 6.08. The van der Waals surface area contributed by atoms with Crippen LogP contribution in [0.15, 0.2) is 23.6 Å². The number of thiazole rings is 1. The number of methoxy groups -OCH3 is 1. The third-order valence-corrected chi connectivity index (χ3v) is 3.52. The van der Waals surface area contributed by atoms with Crippen molar-refractivity contribution in [3.05, 3.63) is 35.1 Å². The number of carbonyl (C=O) groups excluding carboxylic acids is 1. The van der Waals surface area contributed by atoms with Crippen molar-refractivity contribution in [2.75, 3.05) is 13.7 Å². The standard InChI is InChI=1S/C14H14FNO3S/c1-3-19-13(17)7-10-8-20-14(16-10)9-4-5-11(15)12(6-9)18-2/h4-6,8H,3,7H2,1-2H3. The zero-order chi connectivity index (χ0) is 14.5. The van der Waals surface area contributed by atoms with Gasteiger partial charge in [-0.15, -0.1) is 11.3 Å². The lowest BCUT2D eigenvalue weighted by Crippen LogP contribution is -2.07. The first kappa shape index (κ1) is 14.5. The van der Waals surface area contributed by atoms with E-state index < -0.39 is 5.82 Å². The summed E-state index contributed by atoms with van der Waals surface area (Å²) in [5, 5.41) is 2.50. The van der Waals surface area contributed by atoms with Crippen LogP contribution in [0.25, 0.3) is 10.6 Å². The molecule has 2 aromatic rings. The Morgan fingerprint density at radius 1 is 1.45 bits per heavy atom. The molecular formula is C14H14FNO3S. The first-order valence-corrected chi connectivity index (χ1v) is 6.96. The summed E-state index contributed by atoms with van der Waals surface area (Å²) in [6.45, 7) is 2.11. The molecule has 1 heterocycles. The Kier molecular flexibility index (Phi) is 4.68. The molecule has 0 amide bonds. The fourth-order valence-corrected chi connectivity index (χ4v) is 2.49. The maximum atomic E-state index is 13.3. The number of rotatable bonds is 5. The van der Waals surface area contributed by atoms with Crippen molar-refractivity contribution in [3.63, 3.8) is 0 Å². The maximum Gasteiger partial charge on any atom is 0.311 e. The van der Waals surface area contributed by atoms with E-state index in [4.69, 9.17) is 9.47 Å². The second kappa shape index (κ2) is 6.47. The Bertz CT molecular complexity index is 612. The summed E-state index contributed by atoms with van der Waals surface area (Å²) < 4.78 is 23.2. The SMILES string of the molecule is CCOC(=O)Cc1csc(-c2ccc(F)c(OC)c2)n1. The first-order chi connectivity index (χ1) is 9.63. The van der Waals surface area contributed by atoms with Gasteiger partial charge in [0.2, 0.25) is 0 Å². The lowest BCUT2D eigenvalue weighted by atomic mass is 10.2. The highest BCUT2D eigenvalue weighted by Gasteiger charge is 2.11. The fraction of sp³-hybridized carbons (Fsp3) is 0.286. The molecular weight excluding hydrogens is 281 g/mol. The molecule has 4 nitrogen and oxygen atoms in total. The molecule has 0 unspecified atom stereocenters. The Morgan fingerprint density at radius 3 is 2.95 bits per heavy atom. The van der Waals surface area contributed by atoms with E-state index in [2.05, 4.69) is 4.98 Å².